The molecule has 0 saturated carbocycles. The molecule has 0 aliphatic carbocycles. The topological polar surface area (TPSA) is 62.3 Å². The number of pyridine rings is 1. The van der Waals surface area contributed by atoms with Crippen molar-refractivity contribution < 1.29 is 8.42 Å². The molecule has 2 aromatic carbocycles. The summed E-state index contributed by atoms with van der Waals surface area (Å²) in [4.78, 5) is 7.07. The lowest BCUT2D eigenvalue weighted by Gasteiger charge is -2.30. The van der Waals surface area contributed by atoms with Gasteiger partial charge in [0, 0.05) is 31.6 Å². The molecule has 0 amide bonds. The third-order valence-corrected chi connectivity index (χ3v) is 6.13. The van der Waals surface area contributed by atoms with Crippen molar-refractivity contribution in [2.45, 2.75) is 9.92 Å². The Morgan fingerprint density at radius 1 is 0.885 bits per heavy atom. The molecule has 5 nitrogen and oxygen atoms in total. The van der Waals surface area contributed by atoms with Crippen molar-refractivity contribution in [2.24, 2.45) is 0 Å². The highest BCUT2D eigenvalue weighted by Gasteiger charge is 2.21. The molecule has 1 saturated heterocycles. The summed E-state index contributed by atoms with van der Waals surface area (Å²) in [5, 5.41) is 4.37. The van der Waals surface area contributed by atoms with Gasteiger partial charge in [-0.25, -0.2) is 13.4 Å². The van der Waals surface area contributed by atoms with Crippen molar-refractivity contribution in [3.8, 4) is 0 Å². The summed E-state index contributed by atoms with van der Waals surface area (Å²) in [6.07, 6.45) is 0. The minimum atomic E-state index is -3.62. The molecule has 3 aromatic rings. The zero-order valence-electron chi connectivity index (χ0n) is 14.1. The van der Waals surface area contributed by atoms with Gasteiger partial charge >= 0.3 is 0 Å². The number of fused-ring (bicyclic) bond motifs is 1. The second-order valence-corrected chi connectivity index (χ2v) is 7.95. The molecule has 1 N–H and O–H groups in total. The number of nitrogens with zero attached hydrogens (tertiary/aromatic N) is 2. The smallest absolute Gasteiger partial charge is 0.223 e. The van der Waals surface area contributed by atoms with Gasteiger partial charge in [-0.15, -0.1) is 12.4 Å². The molecule has 0 atom stereocenters. The van der Waals surface area contributed by atoms with Crippen LogP contribution in [-0.4, -0.2) is 39.6 Å². The quantitative estimate of drug-likeness (QED) is 0.746. The first-order valence-corrected chi connectivity index (χ1v) is 9.80. The minimum Gasteiger partial charge on any atom is -0.367 e. The predicted molar refractivity (Wildman–Crippen MR) is 106 cm³/mol. The summed E-state index contributed by atoms with van der Waals surface area (Å²) in [5.74, 6) is 0. The molecule has 1 aliphatic rings. The first-order valence-electron chi connectivity index (χ1n) is 8.32. The second kappa shape index (κ2) is 7.61. The predicted octanol–water partition coefficient (Wildman–Crippen LogP) is 2.90. The van der Waals surface area contributed by atoms with E-state index in [0.29, 0.717) is 0 Å². The van der Waals surface area contributed by atoms with Crippen LogP contribution in [0.1, 0.15) is 0 Å². The van der Waals surface area contributed by atoms with E-state index in [9.17, 15) is 8.42 Å². The number of sulfone groups is 1. The standard InChI is InChI=1S/C19H19N3O2S.ClH/c23-25(24,16-6-2-1-3-7-16)18-10-9-15-5-4-8-17(19(15)21-18)22-13-11-20-12-14-22;/h1-10,20H,11-14H2;1H. The largest absolute Gasteiger partial charge is 0.367 e. The van der Waals surface area contributed by atoms with Crippen LogP contribution in [0, 0.1) is 0 Å². The number of rotatable bonds is 3. The highest BCUT2D eigenvalue weighted by atomic mass is 35.5. The van der Waals surface area contributed by atoms with Gasteiger partial charge in [0.25, 0.3) is 0 Å². The van der Waals surface area contributed by atoms with E-state index in [0.717, 1.165) is 42.8 Å². The van der Waals surface area contributed by atoms with Crippen LogP contribution in [0.15, 0.2) is 70.6 Å². The van der Waals surface area contributed by atoms with Gasteiger partial charge in [-0.05, 0) is 30.3 Å². The summed E-state index contributed by atoms with van der Waals surface area (Å²) in [6, 6.07) is 17.8. The van der Waals surface area contributed by atoms with Gasteiger partial charge in [-0.3, -0.25) is 0 Å². The van der Waals surface area contributed by atoms with E-state index in [2.05, 4.69) is 15.2 Å². The van der Waals surface area contributed by atoms with E-state index in [1.54, 1.807) is 36.4 Å². The van der Waals surface area contributed by atoms with E-state index >= 15 is 0 Å². The number of piperazine rings is 1. The molecule has 4 rings (SSSR count). The van der Waals surface area contributed by atoms with Crippen molar-refractivity contribution in [2.75, 3.05) is 31.1 Å². The van der Waals surface area contributed by atoms with Crippen LogP contribution in [0.5, 0.6) is 0 Å². The molecular weight excluding hydrogens is 370 g/mol. The summed E-state index contributed by atoms with van der Waals surface area (Å²) >= 11 is 0. The van der Waals surface area contributed by atoms with E-state index < -0.39 is 9.84 Å². The third-order valence-electron chi connectivity index (χ3n) is 4.46. The Balaban J connectivity index is 0.00000196. The maximum Gasteiger partial charge on any atom is 0.223 e. The second-order valence-electron chi connectivity index (χ2n) is 6.05. The number of benzene rings is 2. The molecule has 2 heterocycles. The van der Waals surface area contributed by atoms with E-state index in [-0.39, 0.29) is 22.3 Å². The van der Waals surface area contributed by atoms with E-state index in [1.807, 2.05) is 24.3 Å². The van der Waals surface area contributed by atoms with Crippen LogP contribution in [0.3, 0.4) is 0 Å². The fourth-order valence-corrected chi connectivity index (χ4v) is 4.36. The Hall–Kier alpha value is -2.15. The van der Waals surface area contributed by atoms with Gasteiger partial charge in [-0.1, -0.05) is 30.3 Å². The number of halogens is 1. The van der Waals surface area contributed by atoms with Crippen LogP contribution >= 0.6 is 12.4 Å². The number of para-hydroxylation sites is 1. The SMILES string of the molecule is Cl.O=S(=O)(c1ccccc1)c1ccc2cccc(N3CCNCC3)c2n1. The van der Waals surface area contributed by atoms with Crippen LogP contribution in [0.4, 0.5) is 5.69 Å². The zero-order chi connectivity index (χ0) is 17.3. The van der Waals surface area contributed by atoms with Crippen LogP contribution in [0.2, 0.25) is 0 Å². The molecule has 26 heavy (non-hydrogen) atoms. The van der Waals surface area contributed by atoms with Gasteiger partial charge in [0.1, 0.15) is 0 Å². The van der Waals surface area contributed by atoms with Crippen molar-refractivity contribution in [3.63, 3.8) is 0 Å². The lowest BCUT2D eigenvalue weighted by molar-refractivity contribution is 0.589. The van der Waals surface area contributed by atoms with Gasteiger partial charge in [-0.2, -0.15) is 0 Å². The van der Waals surface area contributed by atoms with Crippen LogP contribution < -0.4 is 10.2 Å². The van der Waals surface area contributed by atoms with Gasteiger partial charge in [0.2, 0.25) is 9.84 Å². The maximum atomic E-state index is 12.9. The molecule has 1 aromatic heterocycles. The highest BCUT2D eigenvalue weighted by molar-refractivity contribution is 7.91. The zero-order valence-corrected chi connectivity index (χ0v) is 15.8. The fourth-order valence-electron chi connectivity index (χ4n) is 3.14. The fraction of sp³-hybridized carbons (Fsp3) is 0.211. The van der Waals surface area contributed by atoms with Crippen LogP contribution in [0.25, 0.3) is 10.9 Å². The van der Waals surface area contributed by atoms with Gasteiger partial charge in [0.05, 0.1) is 16.1 Å². The summed E-state index contributed by atoms with van der Waals surface area (Å²) < 4.78 is 25.8. The Bertz CT molecular complexity index is 1000. The first kappa shape index (κ1) is 18.6. The Morgan fingerprint density at radius 2 is 1.62 bits per heavy atom. The lowest BCUT2D eigenvalue weighted by atomic mass is 10.1. The Kier molecular flexibility index (Phi) is 5.46. The molecule has 1 aliphatic heterocycles. The van der Waals surface area contributed by atoms with Crippen molar-refractivity contribution in [1.29, 1.82) is 0 Å². The monoisotopic (exact) mass is 389 g/mol. The molecule has 136 valence electrons. The molecule has 7 heteroatoms. The maximum absolute atomic E-state index is 12.9. The average molecular weight is 390 g/mol. The summed E-state index contributed by atoms with van der Waals surface area (Å²) in [5.41, 5.74) is 1.73. The Labute approximate surface area is 159 Å². The number of anilines is 1. The normalized spacial score (nSPS) is 14.8. The van der Waals surface area contributed by atoms with E-state index in [4.69, 9.17) is 0 Å². The first-order chi connectivity index (χ1) is 12.2. The highest BCUT2D eigenvalue weighted by Crippen LogP contribution is 2.28. The van der Waals surface area contributed by atoms with Crippen molar-refractivity contribution in [3.05, 3.63) is 60.7 Å². The molecule has 0 bridgehead atoms. The molecule has 0 unspecified atom stereocenters. The van der Waals surface area contributed by atoms with Gasteiger partial charge < -0.3 is 10.2 Å². The molecule has 1 fully saturated rings. The minimum absolute atomic E-state index is 0. The Morgan fingerprint density at radius 3 is 2.35 bits per heavy atom. The molecule has 0 radical (unpaired) electrons. The number of hydrogen-bond acceptors (Lipinski definition) is 5. The van der Waals surface area contributed by atoms with Crippen molar-refractivity contribution in [1.82, 2.24) is 10.3 Å². The lowest BCUT2D eigenvalue weighted by Crippen LogP contribution is -2.43. The van der Waals surface area contributed by atoms with Crippen LogP contribution in [-0.2, 0) is 9.84 Å². The number of aromatic nitrogens is 1. The number of hydrogen-bond donors (Lipinski definition) is 1. The average Bonchev–Trinajstić information content (AvgIpc) is 2.68. The number of nitrogens with one attached hydrogen (secondary N) is 1. The van der Waals surface area contributed by atoms with Gasteiger partial charge in [0.15, 0.2) is 5.03 Å². The summed E-state index contributed by atoms with van der Waals surface area (Å²) in [6.45, 7) is 3.60. The third kappa shape index (κ3) is 3.40. The summed E-state index contributed by atoms with van der Waals surface area (Å²) in [7, 11) is -3.62. The molecular formula is C19H20ClN3O2S. The molecule has 0 spiro atoms. The van der Waals surface area contributed by atoms with E-state index in [1.165, 1.54) is 0 Å². The van der Waals surface area contributed by atoms with Crippen molar-refractivity contribution >= 4 is 38.8 Å².